The van der Waals surface area contributed by atoms with E-state index < -0.39 is 6.04 Å². The molecule has 2 aliphatic rings. The average Bonchev–Trinajstić information content (AvgIpc) is 3.13. The summed E-state index contributed by atoms with van der Waals surface area (Å²) in [6.45, 7) is 3.29. The summed E-state index contributed by atoms with van der Waals surface area (Å²) in [6.07, 6.45) is 2.78. The highest BCUT2D eigenvalue weighted by Crippen LogP contribution is 2.19. The zero-order chi connectivity index (χ0) is 17.9. The van der Waals surface area contributed by atoms with Crippen LogP contribution >= 0.6 is 0 Å². The summed E-state index contributed by atoms with van der Waals surface area (Å²) in [7, 11) is 0. The van der Waals surface area contributed by atoms with Crippen LogP contribution in [0.2, 0.25) is 0 Å². The molecular formula is C19H23N5O2. The molecule has 0 aliphatic carbocycles. The Kier molecular flexibility index (Phi) is 4.71. The molecule has 1 atom stereocenters. The van der Waals surface area contributed by atoms with Crippen molar-refractivity contribution in [3.63, 3.8) is 0 Å². The number of nitrogens with zero attached hydrogens (tertiary/aromatic N) is 3. The Labute approximate surface area is 152 Å². The minimum Gasteiger partial charge on any atom is -0.353 e. The van der Waals surface area contributed by atoms with Crippen molar-refractivity contribution in [2.75, 3.05) is 19.6 Å². The van der Waals surface area contributed by atoms with E-state index in [1.807, 2.05) is 23.1 Å². The molecule has 2 aliphatic heterocycles. The lowest BCUT2D eigenvalue weighted by Crippen LogP contribution is -2.56. The van der Waals surface area contributed by atoms with Gasteiger partial charge in [0.2, 0.25) is 11.8 Å². The van der Waals surface area contributed by atoms with E-state index in [0.717, 1.165) is 29.8 Å². The van der Waals surface area contributed by atoms with Crippen LogP contribution in [0.15, 0.2) is 36.5 Å². The zero-order valence-corrected chi connectivity index (χ0v) is 14.6. The van der Waals surface area contributed by atoms with E-state index in [0.29, 0.717) is 26.2 Å². The Morgan fingerprint density at radius 3 is 2.92 bits per heavy atom. The van der Waals surface area contributed by atoms with Gasteiger partial charge >= 0.3 is 0 Å². The van der Waals surface area contributed by atoms with Crippen molar-refractivity contribution in [2.45, 2.75) is 32.0 Å². The van der Waals surface area contributed by atoms with Crippen LogP contribution in [0.5, 0.6) is 0 Å². The summed E-state index contributed by atoms with van der Waals surface area (Å²) in [4.78, 5) is 29.2. The maximum atomic E-state index is 12.8. The van der Waals surface area contributed by atoms with Gasteiger partial charge in [-0.25, -0.2) is 0 Å². The highest BCUT2D eigenvalue weighted by Gasteiger charge is 2.33. The largest absolute Gasteiger partial charge is 0.353 e. The number of piperazine rings is 1. The average molecular weight is 353 g/mol. The molecule has 2 amide bonds. The second-order valence-electron chi connectivity index (χ2n) is 6.91. The van der Waals surface area contributed by atoms with Crippen molar-refractivity contribution in [3.8, 4) is 0 Å². The van der Waals surface area contributed by atoms with E-state index in [2.05, 4.69) is 32.5 Å². The highest BCUT2D eigenvalue weighted by atomic mass is 16.2. The first-order valence-corrected chi connectivity index (χ1v) is 9.05. The molecular weight excluding hydrogens is 330 g/mol. The molecule has 1 fully saturated rings. The third-order valence-corrected chi connectivity index (χ3v) is 5.19. The lowest BCUT2D eigenvalue weighted by atomic mass is 10.0. The van der Waals surface area contributed by atoms with Gasteiger partial charge in [0.05, 0.1) is 18.7 Å². The van der Waals surface area contributed by atoms with E-state index in [9.17, 15) is 9.59 Å². The van der Waals surface area contributed by atoms with Gasteiger partial charge in [-0.2, -0.15) is 5.10 Å². The molecule has 0 unspecified atom stereocenters. The summed E-state index contributed by atoms with van der Waals surface area (Å²) < 4.78 is 0. The monoisotopic (exact) mass is 353 g/mol. The molecule has 0 saturated carbocycles. The zero-order valence-electron chi connectivity index (χ0n) is 14.6. The van der Waals surface area contributed by atoms with Gasteiger partial charge in [0.1, 0.15) is 0 Å². The maximum Gasteiger partial charge on any atom is 0.237 e. The molecule has 2 N–H and O–H groups in total. The lowest BCUT2D eigenvalue weighted by molar-refractivity contribution is -0.139. The Morgan fingerprint density at radius 1 is 1.23 bits per heavy atom. The number of hydrogen-bond donors (Lipinski definition) is 2. The molecule has 0 spiro atoms. The smallest absolute Gasteiger partial charge is 0.237 e. The summed E-state index contributed by atoms with van der Waals surface area (Å²) >= 11 is 0. The van der Waals surface area contributed by atoms with Crippen LogP contribution in [0.1, 0.15) is 23.2 Å². The molecule has 3 heterocycles. The molecule has 7 nitrogen and oxygen atoms in total. The minimum atomic E-state index is -0.415. The van der Waals surface area contributed by atoms with Crippen molar-refractivity contribution >= 4 is 11.8 Å². The van der Waals surface area contributed by atoms with Crippen LogP contribution in [-0.2, 0) is 29.1 Å². The van der Waals surface area contributed by atoms with Crippen molar-refractivity contribution in [1.29, 1.82) is 0 Å². The number of carbonyl (C=O) groups is 2. The number of hydrogen-bond acceptors (Lipinski definition) is 4. The van der Waals surface area contributed by atoms with Crippen molar-refractivity contribution < 1.29 is 9.59 Å². The minimum absolute atomic E-state index is 0.0250. The number of fused-ring (bicyclic) bond motifs is 1. The molecule has 4 rings (SSSR count). The summed E-state index contributed by atoms with van der Waals surface area (Å²) in [5, 5.41) is 9.93. The van der Waals surface area contributed by atoms with Gasteiger partial charge in [-0.1, -0.05) is 30.3 Å². The fraction of sp³-hybridized carbons (Fsp3) is 0.421. The number of benzene rings is 1. The first-order valence-electron chi connectivity index (χ1n) is 9.05. The number of aromatic amines is 1. The van der Waals surface area contributed by atoms with Crippen LogP contribution in [0.4, 0.5) is 0 Å². The topological polar surface area (TPSA) is 81.3 Å². The Bertz CT molecular complexity index is 788. The Morgan fingerprint density at radius 2 is 2.08 bits per heavy atom. The van der Waals surface area contributed by atoms with Crippen LogP contribution < -0.4 is 5.32 Å². The van der Waals surface area contributed by atoms with Crippen molar-refractivity contribution in [1.82, 2.24) is 25.3 Å². The maximum absolute atomic E-state index is 12.8. The molecule has 1 aromatic heterocycles. The van der Waals surface area contributed by atoms with Gasteiger partial charge in [0, 0.05) is 50.4 Å². The predicted octanol–water partition coefficient (Wildman–Crippen LogP) is 0.685. The number of rotatable bonds is 4. The van der Waals surface area contributed by atoms with Crippen molar-refractivity contribution in [3.05, 3.63) is 53.3 Å². The summed E-state index contributed by atoms with van der Waals surface area (Å²) in [5.74, 6) is -0.0292. The number of carbonyl (C=O) groups excluding carboxylic acids is 2. The van der Waals surface area contributed by atoms with Gasteiger partial charge in [-0.3, -0.25) is 19.6 Å². The summed E-state index contributed by atoms with van der Waals surface area (Å²) in [6, 6.07) is 9.66. The molecule has 1 aromatic carbocycles. The number of nitrogens with one attached hydrogen (secondary N) is 2. The van der Waals surface area contributed by atoms with E-state index >= 15 is 0 Å². The number of amides is 2. The second-order valence-corrected chi connectivity index (χ2v) is 6.91. The van der Waals surface area contributed by atoms with E-state index in [-0.39, 0.29) is 18.2 Å². The molecule has 0 bridgehead atoms. The van der Waals surface area contributed by atoms with Crippen LogP contribution in [0.25, 0.3) is 0 Å². The van der Waals surface area contributed by atoms with E-state index in [1.54, 1.807) is 6.20 Å². The van der Waals surface area contributed by atoms with Crippen molar-refractivity contribution in [2.24, 2.45) is 0 Å². The van der Waals surface area contributed by atoms with E-state index in [1.165, 1.54) is 0 Å². The number of H-pyrrole nitrogens is 1. The highest BCUT2D eigenvalue weighted by molar-refractivity contribution is 5.89. The molecule has 26 heavy (non-hydrogen) atoms. The fourth-order valence-electron chi connectivity index (χ4n) is 3.72. The van der Waals surface area contributed by atoms with Gasteiger partial charge < -0.3 is 10.2 Å². The third-order valence-electron chi connectivity index (χ3n) is 5.19. The molecule has 1 saturated heterocycles. The first-order chi connectivity index (χ1) is 12.7. The van der Waals surface area contributed by atoms with Crippen LogP contribution in [0.3, 0.4) is 0 Å². The fourth-order valence-corrected chi connectivity index (χ4v) is 3.72. The van der Waals surface area contributed by atoms with Gasteiger partial charge in [0.25, 0.3) is 0 Å². The standard InChI is InChI=1S/C19H23N5O2/c25-18(24-8-6-16-15(13-24)11-21-22-16)10-17-19(26)20-7-9-23(17)12-14-4-2-1-3-5-14/h1-5,11,17H,6-10,12-13H2,(H,20,26)(H,21,22)/t17-/m1/s1. The van der Waals surface area contributed by atoms with Gasteiger partial charge in [0.15, 0.2) is 0 Å². The number of aromatic nitrogens is 2. The molecule has 7 heteroatoms. The molecule has 0 radical (unpaired) electrons. The van der Waals surface area contributed by atoms with Crippen LogP contribution in [-0.4, -0.2) is 57.5 Å². The third kappa shape index (κ3) is 3.48. The predicted molar refractivity (Wildman–Crippen MR) is 96.0 cm³/mol. The first kappa shape index (κ1) is 16.8. The summed E-state index contributed by atoms with van der Waals surface area (Å²) in [5.41, 5.74) is 3.33. The van der Waals surface area contributed by atoms with Crippen LogP contribution in [0, 0.1) is 0 Å². The quantitative estimate of drug-likeness (QED) is 0.847. The molecule has 136 valence electrons. The van der Waals surface area contributed by atoms with Gasteiger partial charge in [-0.05, 0) is 5.56 Å². The Hall–Kier alpha value is -2.67. The normalized spacial score (nSPS) is 20.5. The van der Waals surface area contributed by atoms with Gasteiger partial charge in [-0.15, -0.1) is 0 Å². The van der Waals surface area contributed by atoms with E-state index in [4.69, 9.17) is 0 Å². The second kappa shape index (κ2) is 7.29. The molecule has 2 aromatic rings. The Balaban J connectivity index is 1.44. The lowest BCUT2D eigenvalue weighted by Gasteiger charge is -2.36. The SMILES string of the molecule is O=C1NCCN(Cc2ccccc2)[C@@H]1CC(=O)N1CCc2[nH]ncc2C1.